The smallest absolute Gasteiger partial charge is 0.338 e. The number of hydrogen-bond acceptors (Lipinski definition) is 5. The van der Waals surface area contributed by atoms with Crippen molar-refractivity contribution in [3.05, 3.63) is 101 Å². The molecule has 0 fully saturated rings. The number of nitrogens with zero attached hydrogens (tertiary/aromatic N) is 2. The van der Waals surface area contributed by atoms with Crippen molar-refractivity contribution in [3.8, 4) is 0 Å². The van der Waals surface area contributed by atoms with Crippen LogP contribution in [-0.2, 0) is 9.53 Å². The first-order valence-electron chi connectivity index (χ1n) is 9.01. The van der Waals surface area contributed by atoms with E-state index in [2.05, 4.69) is 4.99 Å². The Labute approximate surface area is 180 Å². The Hall–Kier alpha value is -3.03. The molecule has 3 aromatic rings. The summed E-state index contributed by atoms with van der Waals surface area (Å²) in [4.78, 5) is 30.7. The number of fused-ring (bicyclic) bond motifs is 1. The second kappa shape index (κ2) is 8.01. The number of carbonyl (C=O) groups is 1. The van der Waals surface area contributed by atoms with Crippen LogP contribution >= 0.6 is 22.9 Å². The number of rotatable bonds is 3. The minimum atomic E-state index is -0.728. The quantitative estimate of drug-likeness (QED) is 0.585. The molecule has 4 rings (SSSR count). The van der Waals surface area contributed by atoms with Gasteiger partial charge in [-0.2, -0.15) is 0 Å². The Bertz CT molecular complexity index is 1360. The zero-order valence-electron chi connectivity index (χ0n) is 16.1. The van der Waals surface area contributed by atoms with Crippen molar-refractivity contribution in [1.29, 1.82) is 0 Å². The van der Waals surface area contributed by atoms with Crippen LogP contribution in [0.5, 0.6) is 0 Å². The molecule has 0 amide bonds. The monoisotopic (exact) mass is 442 g/mol. The van der Waals surface area contributed by atoms with Gasteiger partial charge in [0.15, 0.2) is 4.80 Å². The number of benzene rings is 2. The van der Waals surface area contributed by atoms with Crippen LogP contribution in [-0.4, -0.2) is 17.6 Å². The van der Waals surface area contributed by atoms with Crippen LogP contribution in [0.4, 0.5) is 4.39 Å². The molecule has 0 radical (unpaired) electrons. The van der Waals surface area contributed by atoms with Gasteiger partial charge in [0, 0.05) is 10.6 Å². The van der Waals surface area contributed by atoms with Crippen molar-refractivity contribution >= 4 is 35.0 Å². The summed E-state index contributed by atoms with van der Waals surface area (Å²) in [5, 5.41) is 0.533. The third kappa shape index (κ3) is 3.51. The van der Waals surface area contributed by atoms with Gasteiger partial charge in [-0.25, -0.2) is 14.2 Å². The van der Waals surface area contributed by atoms with E-state index in [4.69, 9.17) is 16.3 Å². The lowest BCUT2D eigenvalue weighted by atomic mass is 9.96. The predicted molar refractivity (Wildman–Crippen MR) is 114 cm³/mol. The number of halogens is 2. The lowest BCUT2D eigenvalue weighted by Gasteiger charge is -2.24. The molecule has 0 saturated carbocycles. The lowest BCUT2D eigenvalue weighted by molar-refractivity contribution is -0.136. The fourth-order valence-electron chi connectivity index (χ4n) is 3.39. The van der Waals surface area contributed by atoms with E-state index in [1.807, 2.05) is 0 Å². The van der Waals surface area contributed by atoms with Gasteiger partial charge >= 0.3 is 5.97 Å². The minimum Gasteiger partial charge on any atom is -0.466 e. The topological polar surface area (TPSA) is 60.7 Å². The maximum absolute atomic E-state index is 14.1. The van der Waals surface area contributed by atoms with Crippen LogP contribution in [0.2, 0.25) is 5.02 Å². The SMILES string of the molecule is COC(=O)C1=C(C)N=c2s/c(=C/c3ccccc3F)c(=O)n2C1c1ccc(Cl)cc1. The fourth-order valence-corrected chi connectivity index (χ4v) is 4.55. The maximum atomic E-state index is 14.1. The molecule has 152 valence electrons. The van der Waals surface area contributed by atoms with E-state index in [1.54, 1.807) is 49.4 Å². The molecule has 1 aromatic heterocycles. The molecule has 0 N–H and O–H groups in total. The van der Waals surface area contributed by atoms with Crippen molar-refractivity contribution in [2.24, 2.45) is 4.99 Å². The fraction of sp³-hybridized carbons (Fsp3) is 0.136. The second-order valence-corrected chi connectivity index (χ2v) is 8.09. The number of esters is 1. The van der Waals surface area contributed by atoms with Crippen LogP contribution in [0.1, 0.15) is 24.1 Å². The summed E-state index contributed by atoms with van der Waals surface area (Å²) in [6.07, 6.45) is 1.50. The number of hydrogen-bond donors (Lipinski definition) is 0. The van der Waals surface area contributed by atoms with E-state index in [-0.39, 0.29) is 11.1 Å². The zero-order chi connectivity index (χ0) is 21.4. The van der Waals surface area contributed by atoms with Gasteiger partial charge in [0.05, 0.1) is 29.0 Å². The van der Waals surface area contributed by atoms with Gasteiger partial charge in [-0.3, -0.25) is 9.36 Å². The molecular weight excluding hydrogens is 427 g/mol. The summed E-state index contributed by atoms with van der Waals surface area (Å²) in [6, 6.07) is 12.4. The first-order chi connectivity index (χ1) is 14.4. The van der Waals surface area contributed by atoms with Crippen molar-refractivity contribution < 1.29 is 13.9 Å². The molecule has 1 aliphatic heterocycles. The van der Waals surface area contributed by atoms with Crippen molar-refractivity contribution in [2.45, 2.75) is 13.0 Å². The van der Waals surface area contributed by atoms with E-state index in [0.29, 0.717) is 31.2 Å². The summed E-state index contributed by atoms with van der Waals surface area (Å²) in [7, 11) is 1.28. The molecule has 0 aliphatic carbocycles. The Balaban J connectivity index is 1.99. The molecule has 0 bridgehead atoms. The normalized spacial score (nSPS) is 16.3. The Morgan fingerprint density at radius 3 is 2.60 bits per heavy atom. The van der Waals surface area contributed by atoms with Crippen LogP contribution in [0.15, 0.2) is 69.6 Å². The minimum absolute atomic E-state index is 0.268. The maximum Gasteiger partial charge on any atom is 0.338 e. The van der Waals surface area contributed by atoms with Gasteiger partial charge in [-0.15, -0.1) is 0 Å². The highest BCUT2D eigenvalue weighted by Gasteiger charge is 2.33. The Kier molecular flexibility index (Phi) is 5.40. The first-order valence-corrected chi connectivity index (χ1v) is 10.2. The van der Waals surface area contributed by atoms with Crippen molar-refractivity contribution in [2.75, 3.05) is 7.11 Å². The lowest BCUT2D eigenvalue weighted by Crippen LogP contribution is -2.39. The molecule has 0 spiro atoms. The van der Waals surface area contributed by atoms with Crippen LogP contribution in [0.3, 0.4) is 0 Å². The van der Waals surface area contributed by atoms with E-state index >= 15 is 0 Å². The molecule has 8 heteroatoms. The van der Waals surface area contributed by atoms with Gasteiger partial charge in [0.2, 0.25) is 0 Å². The zero-order valence-corrected chi connectivity index (χ0v) is 17.6. The molecule has 30 heavy (non-hydrogen) atoms. The van der Waals surface area contributed by atoms with Gasteiger partial charge in [0.25, 0.3) is 5.56 Å². The molecule has 2 aromatic carbocycles. The number of allylic oxidation sites excluding steroid dienone is 1. The first kappa shape index (κ1) is 20.3. The Morgan fingerprint density at radius 2 is 1.93 bits per heavy atom. The van der Waals surface area contributed by atoms with Gasteiger partial charge in [-0.1, -0.05) is 53.3 Å². The summed E-state index contributed by atoms with van der Waals surface area (Å²) < 4.78 is 20.8. The molecule has 5 nitrogen and oxygen atoms in total. The van der Waals surface area contributed by atoms with E-state index in [1.165, 1.54) is 23.8 Å². The molecule has 0 saturated heterocycles. The highest BCUT2D eigenvalue weighted by molar-refractivity contribution is 7.07. The van der Waals surface area contributed by atoms with Gasteiger partial charge < -0.3 is 4.74 Å². The van der Waals surface area contributed by atoms with Gasteiger partial charge in [0.1, 0.15) is 5.82 Å². The van der Waals surface area contributed by atoms with Gasteiger partial charge in [-0.05, 0) is 36.8 Å². The molecule has 1 atom stereocenters. The highest BCUT2D eigenvalue weighted by atomic mass is 35.5. The van der Waals surface area contributed by atoms with Crippen molar-refractivity contribution in [1.82, 2.24) is 4.57 Å². The van der Waals surface area contributed by atoms with E-state index in [0.717, 1.165) is 11.3 Å². The number of thiazole rings is 1. The number of aromatic nitrogens is 1. The highest BCUT2D eigenvalue weighted by Crippen LogP contribution is 2.31. The molecular formula is C22H16ClFN2O3S. The standard InChI is InChI=1S/C22H16ClFN2O3S/c1-12-18(21(28)29-2)19(13-7-9-15(23)10-8-13)26-20(27)17(30-22(26)25-12)11-14-5-3-4-6-16(14)24/h3-11,19H,1-2H3/b17-11+. The third-order valence-electron chi connectivity index (χ3n) is 4.80. The van der Waals surface area contributed by atoms with Crippen LogP contribution in [0.25, 0.3) is 6.08 Å². The predicted octanol–water partition coefficient (Wildman–Crippen LogP) is 3.20. The summed E-state index contributed by atoms with van der Waals surface area (Å²) in [5.74, 6) is -0.997. The second-order valence-electron chi connectivity index (χ2n) is 6.65. The van der Waals surface area contributed by atoms with Crippen LogP contribution in [0, 0.1) is 5.82 Å². The van der Waals surface area contributed by atoms with E-state index in [9.17, 15) is 14.0 Å². The molecule has 2 heterocycles. The van der Waals surface area contributed by atoms with E-state index < -0.39 is 17.8 Å². The number of methoxy groups -OCH3 is 1. The van der Waals surface area contributed by atoms with Crippen LogP contribution < -0.4 is 14.9 Å². The Morgan fingerprint density at radius 1 is 1.23 bits per heavy atom. The summed E-state index contributed by atoms with van der Waals surface area (Å²) in [6.45, 7) is 1.70. The third-order valence-corrected chi connectivity index (χ3v) is 6.04. The number of ether oxygens (including phenoxy) is 1. The summed E-state index contributed by atoms with van der Waals surface area (Å²) in [5.41, 5.74) is 1.35. The molecule has 1 unspecified atom stereocenters. The average molecular weight is 443 g/mol. The average Bonchev–Trinajstić information content (AvgIpc) is 3.03. The largest absolute Gasteiger partial charge is 0.466 e. The molecule has 1 aliphatic rings. The number of carbonyl (C=O) groups excluding carboxylic acids is 1. The summed E-state index contributed by atoms with van der Waals surface area (Å²) >= 11 is 7.16. The van der Waals surface area contributed by atoms with Crippen molar-refractivity contribution in [3.63, 3.8) is 0 Å².